The molecule has 0 N–H and O–H groups in total. The maximum atomic E-state index is 10.6. The summed E-state index contributed by atoms with van der Waals surface area (Å²) < 4.78 is 1.04. The first-order valence-corrected chi connectivity index (χ1v) is 6.33. The molecule has 84 valence electrons. The van der Waals surface area contributed by atoms with Gasteiger partial charge in [0.25, 0.3) is 0 Å². The molecule has 0 saturated heterocycles. The van der Waals surface area contributed by atoms with Gasteiger partial charge in [-0.1, -0.05) is 46.5 Å². The average molecular weight is 280 g/mol. The third-order valence-corrected chi connectivity index (χ3v) is 4.01. The Labute approximate surface area is 104 Å². The minimum atomic E-state index is -0.327. The monoisotopic (exact) mass is 279 g/mol. The van der Waals surface area contributed by atoms with Gasteiger partial charge in [-0.25, -0.2) is 4.79 Å². The van der Waals surface area contributed by atoms with E-state index in [-0.39, 0.29) is 5.54 Å². The molecule has 0 heterocycles. The molecule has 0 aliphatic heterocycles. The summed E-state index contributed by atoms with van der Waals surface area (Å²) in [6.45, 7) is 2.06. The summed E-state index contributed by atoms with van der Waals surface area (Å²) in [4.78, 5) is 14.7. The molecule has 0 radical (unpaired) electrons. The van der Waals surface area contributed by atoms with Gasteiger partial charge in [0, 0.05) is 4.47 Å². The van der Waals surface area contributed by atoms with Crippen LogP contribution in [0.5, 0.6) is 0 Å². The molecule has 2 nitrogen and oxygen atoms in total. The fourth-order valence-electron chi connectivity index (χ4n) is 2.48. The fourth-order valence-corrected chi connectivity index (χ4v) is 3.10. The third-order valence-electron chi connectivity index (χ3n) is 3.31. The number of hydrogen-bond acceptors (Lipinski definition) is 2. The van der Waals surface area contributed by atoms with E-state index in [2.05, 4.69) is 40.0 Å². The van der Waals surface area contributed by atoms with Gasteiger partial charge in [0.05, 0.1) is 5.54 Å². The Bertz CT molecular complexity index is 443. The van der Waals surface area contributed by atoms with Gasteiger partial charge in [0.2, 0.25) is 6.08 Å². The van der Waals surface area contributed by atoms with Crippen LogP contribution in [-0.4, -0.2) is 6.08 Å². The molecule has 1 aliphatic rings. The van der Waals surface area contributed by atoms with Crippen molar-refractivity contribution in [2.24, 2.45) is 4.99 Å². The lowest BCUT2D eigenvalue weighted by molar-refractivity contribution is 0.454. The zero-order valence-electron chi connectivity index (χ0n) is 9.29. The molecule has 2 rings (SSSR count). The van der Waals surface area contributed by atoms with Crippen molar-refractivity contribution in [3.63, 3.8) is 0 Å². The first kappa shape index (κ1) is 11.6. The Kier molecular flexibility index (Phi) is 3.27. The van der Waals surface area contributed by atoms with Crippen molar-refractivity contribution >= 4 is 22.0 Å². The Morgan fingerprint density at radius 1 is 1.38 bits per heavy atom. The lowest BCUT2D eigenvalue weighted by Gasteiger charge is -2.24. The summed E-state index contributed by atoms with van der Waals surface area (Å²) in [5, 5.41) is 0. The van der Waals surface area contributed by atoms with Crippen LogP contribution in [0.1, 0.15) is 36.8 Å². The minimum Gasteiger partial charge on any atom is -0.211 e. The van der Waals surface area contributed by atoms with Gasteiger partial charge in [0.1, 0.15) is 0 Å². The first-order chi connectivity index (χ1) is 7.68. The Morgan fingerprint density at radius 2 is 2.06 bits per heavy atom. The molecule has 0 bridgehead atoms. The summed E-state index contributed by atoms with van der Waals surface area (Å²) >= 11 is 3.56. The summed E-state index contributed by atoms with van der Waals surface area (Å²) in [5.74, 6) is 0. The highest BCUT2D eigenvalue weighted by atomic mass is 79.9. The van der Waals surface area contributed by atoms with Crippen molar-refractivity contribution in [2.75, 3.05) is 0 Å². The fraction of sp³-hybridized carbons (Fsp3) is 0.462. The minimum absolute atomic E-state index is 0.327. The van der Waals surface area contributed by atoms with E-state index < -0.39 is 0 Å². The second kappa shape index (κ2) is 4.52. The second-order valence-corrected chi connectivity index (χ2v) is 5.28. The van der Waals surface area contributed by atoms with Crippen LogP contribution < -0.4 is 0 Å². The van der Waals surface area contributed by atoms with E-state index in [9.17, 15) is 4.79 Å². The first-order valence-electron chi connectivity index (χ1n) is 5.54. The number of nitrogens with zero attached hydrogens (tertiary/aromatic N) is 1. The van der Waals surface area contributed by atoms with Gasteiger partial charge in [-0.3, -0.25) is 0 Å². The second-order valence-electron chi connectivity index (χ2n) is 4.43. The highest BCUT2D eigenvalue weighted by molar-refractivity contribution is 9.10. The van der Waals surface area contributed by atoms with E-state index in [0.717, 1.165) is 35.7 Å². The topological polar surface area (TPSA) is 29.4 Å². The molecule has 0 amide bonds. The zero-order chi connectivity index (χ0) is 11.6. The number of halogens is 1. The van der Waals surface area contributed by atoms with Gasteiger partial charge in [0.15, 0.2) is 0 Å². The molecular formula is C13H14BrNO. The van der Waals surface area contributed by atoms with Crippen LogP contribution in [0.25, 0.3) is 0 Å². The Balaban J connectivity index is 2.54. The van der Waals surface area contributed by atoms with Gasteiger partial charge in [-0.2, -0.15) is 4.99 Å². The van der Waals surface area contributed by atoms with E-state index in [1.165, 1.54) is 5.56 Å². The van der Waals surface area contributed by atoms with Gasteiger partial charge >= 0.3 is 0 Å². The molecule has 0 aromatic heterocycles. The number of aryl methyl sites for hydroxylation is 1. The number of carbonyl (C=O) groups excluding carboxylic acids is 1. The van der Waals surface area contributed by atoms with Crippen LogP contribution >= 0.6 is 15.9 Å². The van der Waals surface area contributed by atoms with Crippen LogP contribution in [0.3, 0.4) is 0 Å². The predicted molar refractivity (Wildman–Crippen MR) is 67.1 cm³/mol. The lowest BCUT2D eigenvalue weighted by Crippen LogP contribution is -2.19. The van der Waals surface area contributed by atoms with E-state index >= 15 is 0 Å². The smallest absolute Gasteiger partial charge is 0.211 e. The number of aliphatic imine (C=N–C) groups is 1. The standard InChI is InChI=1S/C13H14BrNO/c1-10-4-5-12(14)11(8-10)13(15-9-16)6-2-3-7-13/h4-5,8H,2-3,6-7H2,1H3. The largest absolute Gasteiger partial charge is 0.235 e. The SMILES string of the molecule is Cc1ccc(Br)c(C2(N=C=O)CCCC2)c1. The van der Waals surface area contributed by atoms with Crippen LogP contribution in [0.15, 0.2) is 27.7 Å². The van der Waals surface area contributed by atoms with Crippen molar-refractivity contribution in [3.8, 4) is 0 Å². The summed E-state index contributed by atoms with van der Waals surface area (Å²) in [6, 6.07) is 6.21. The van der Waals surface area contributed by atoms with Crippen molar-refractivity contribution in [1.29, 1.82) is 0 Å². The summed E-state index contributed by atoms with van der Waals surface area (Å²) in [7, 11) is 0. The van der Waals surface area contributed by atoms with E-state index in [4.69, 9.17) is 0 Å². The molecule has 0 unspecified atom stereocenters. The third kappa shape index (κ3) is 1.98. The average Bonchev–Trinajstić information content (AvgIpc) is 2.72. The molecular weight excluding hydrogens is 266 g/mol. The molecule has 0 spiro atoms. The number of hydrogen-bond donors (Lipinski definition) is 0. The summed E-state index contributed by atoms with van der Waals surface area (Å²) in [5.41, 5.74) is 2.01. The zero-order valence-corrected chi connectivity index (χ0v) is 10.9. The molecule has 1 fully saturated rings. The van der Waals surface area contributed by atoms with Crippen molar-refractivity contribution in [1.82, 2.24) is 0 Å². The number of rotatable bonds is 2. The predicted octanol–water partition coefficient (Wildman–Crippen LogP) is 3.86. The van der Waals surface area contributed by atoms with E-state index in [1.807, 2.05) is 6.07 Å². The van der Waals surface area contributed by atoms with Crippen molar-refractivity contribution < 1.29 is 4.79 Å². The van der Waals surface area contributed by atoms with Crippen LogP contribution in [0.4, 0.5) is 0 Å². The number of isocyanates is 1. The molecule has 1 saturated carbocycles. The summed E-state index contributed by atoms with van der Waals surface area (Å²) in [6.07, 6.45) is 5.91. The lowest BCUT2D eigenvalue weighted by atomic mass is 9.88. The van der Waals surface area contributed by atoms with Crippen molar-refractivity contribution in [3.05, 3.63) is 33.8 Å². The van der Waals surface area contributed by atoms with Gasteiger partial charge in [-0.15, -0.1) is 0 Å². The molecule has 1 aromatic carbocycles. The Morgan fingerprint density at radius 3 is 2.69 bits per heavy atom. The quantitative estimate of drug-likeness (QED) is 0.597. The van der Waals surface area contributed by atoms with Crippen molar-refractivity contribution in [2.45, 2.75) is 38.1 Å². The van der Waals surface area contributed by atoms with Crippen LogP contribution in [0.2, 0.25) is 0 Å². The normalized spacial score (nSPS) is 18.1. The molecule has 16 heavy (non-hydrogen) atoms. The van der Waals surface area contributed by atoms with E-state index in [0.29, 0.717) is 0 Å². The Hall–Kier alpha value is -0.920. The van der Waals surface area contributed by atoms with Crippen LogP contribution in [0, 0.1) is 6.92 Å². The highest BCUT2D eigenvalue weighted by Gasteiger charge is 2.37. The van der Waals surface area contributed by atoms with Gasteiger partial charge in [-0.05, 0) is 31.4 Å². The number of benzene rings is 1. The molecule has 1 aromatic rings. The molecule has 3 heteroatoms. The highest BCUT2D eigenvalue weighted by Crippen LogP contribution is 2.44. The maximum Gasteiger partial charge on any atom is 0.235 e. The van der Waals surface area contributed by atoms with Gasteiger partial charge < -0.3 is 0 Å². The van der Waals surface area contributed by atoms with Crippen LogP contribution in [-0.2, 0) is 10.3 Å². The molecule has 0 atom stereocenters. The maximum absolute atomic E-state index is 10.6. The molecule has 1 aliphatic carbocycles. The van der Waals surface area contributed by atoms with E-state index in [1.54, 1.807) is 6.08 Å².